The molecular formula is C13H25N3O2. The predicted octanol–water partition coefficient (Wildman–Crippen LogP) is 0.263. The normalized spacial score (nSPS) is 24.6. The molecule has 1 heterocycles. The number of nitrogens with one attached hydrogen (secondary N) is 3. The van der Waals surface area contributed by atoms with Crippen molar-refractivity contribution in [3.8, 4) is 0 Å². The molecule has 1 saturated heterocycles. The minimum absolute atomic E-state index is 0.00208. The molecule has 18 heavy (non-hydrogen) atoms. The van der Waals surface area contributed by atoms with E-state index in [-0.39, 0.29) is 23.8 Å². The van der Waals surface area contributed by atoms with Crippen molar-refractivity contribution in [1.82, 2.24) is 16.0 Å². The molecule has 3 atom stereocenters. The minimum atomic E-state index is 0.00208. The first kappa shape index (κ1) is 15.0. The number of hydrogen-bond acceptors (Lipinski definition) is 3. The highest BCUT2D eigenvalue weighted by Gasteiger charge is 2.29. The van der Waals surface area contributed by atoms with Crippen LogP contribution in [0.15, 0.2) is 0 Å². The van der Waals surface area contributed by atoms with Crippen LogP contribution in [-0.4, -0.2) is 37.5 Å². The standard InChI is InChI=1S/C13H25N3O2/c1-4-10(3)16-12(17)5-6-15-13(18)11-8-14-7-9(11)2/h9-11,14H,4-8H2,1-3H3,(H,15,18)(H,16,17)/t9-,10?,11-/m1/s1. The maximum absolute atomic E-state index is 11.8. The molecule has 0 aliphatic carbocycles. The van der Waals surface area contributed by atoms with Crippen LogP contribution in [0.25, 0.3) is 0 Å². The SMILES string of the molecule is CCC(C)NC(=O)CCNC(=O)[C@@H]1CNC[C@H]1C. The van der Waals surface area contributed by atoms with E-state index in [0.29, 0.717) is 18.9 Å². The third-order valence-electron chi connectivity index (χ3n) is 3.53. The minimum Gasteiger partial charge on any atom is -0.355 e. The van der Waals surface area contributed by atoms with Gasteiger partial charge in [0.05, 0.1) is 5.92 Å². The number of amides is 2. The number of rotatable bonds is 6. The molecule has 0 aromatic heterocycles. The molecule has 0 spiro atoms. The summed E-state index contributed by atoms with van der Waals surface area (Å²) in [4.78, 5) is 23.3. The van der Waals surface area contributed by atoms with Crippen LogP contribution in [0.1, 0.15) is 33.6 Å². The van der Waals surface area contributed by atoms with Gasteiger partial charge in [0.1, 0.15) is 0 Å². The second-order valence-corrected chi connectivity index (χ2v) is 5.16. The summed E-state index contributed by atoms with van der Waals surface area (Å²) in [5.74, 6) is 0.479. The van der Waals surface area contributed by atoms with Gasteiger partial charge in [-0.2, -0.15) is 0 Å². The Balaban J connectivity index is 2.17. The third-order valence-corrected chi connectivity index (χ3v) is 3.53. The van der Waals surface area contributed by atoms with Crippen LogP contribution in [0.2, 0.25) is 0 Å². The predicted molar refractivity (Wildman–Crippen MR) is 71.0 cm³/mol. The fraction of sp³-hybridized carbons (Fsp3) is 0.846. The van der Waals surface area contributed by atoms with Gasteiger partial charge in [0.2, 0.25) is 11.8 Å². The Hall–Kier alpha value is -1.10. The van der Waals surface area contributed by atoms with Crippen molar-refractivity contribution < 1.29 is 9.59 Å². The fourth-order valence-electron chi connectivity index (χ4n) is 2.04. The molecule has 5 nitrogen and oxygen atoms in total. The van der Waals surface area contributed by atoms with E-state index in [1.54, 1.807) is 0 Å². The second kappa shape index (κ2) is 7.36. The smallest absolute Gasteiger partial charge is 0.224 e. The van der Waals surface area contributed by atoms with E-state index in [2.05, 4.69) is 22.9 Å². The van der Waals surface area contributed by atoms with E-state index < -0.39 is 0 Å². The molecule has 0 radical (unpaired) electrons. The van der Waals surface area contributed by atoms with Crippen molar-refractivity contribution >= 4 is 11.8 Å². The van der Waals surface area contributed by atoms with Gasteiger partial charge in [-0.3, -0.25) is 9.59 Å². The Morgan fingerprint density at radius 3 is 2.67 bits per heavy atom. The van der Waals surface area contributed by atoms with Crippen molar-refractivity contribution in [1.29, 1.82) is 0 Å². The van der Waals surface area contributed by atoms with E-state index >= 15 is 0 Å². The van der Waals surface area contributed by atoms with Crippen molar-refractivity contribution in [2.75, 3.05) is 19.6 Å². The highest BCUT2D eigenvalue weighted by atomic mass is 16.2. The van der Waals surface area contributed by atoms with Crippen LogP contribution in [0.3, 0.4) is 0 Å². The molecule has 1 rings (SSSR count). The molecular weight excluding hydrogens is 230 g/mol. The van der Waals surface area contributed by atoms with Crippen LogP contribution in [0.4, 0.5) is 0 Å². The van der Waals surface area contributed by atoms with Gasteiger partial charge in [0.15, 0.2) is 0 Å². The van der Waals surface area contributed by atoms with Gasteiger partial charge in [-0.25, -0.2) is 0 Å². The van der Waals surface area contributed by atoms with Crippen LogP contribution in [-0.2, 0) is 9.59 Å². The Bertz CT molecular complexity index is 294. The zero-order valence-electron chi connectivity index (χ0n) is 11.6. The molecule has 0 aromatic carbocycles. The lowest BCUT2D eigenvalue weighted by molar-refractivity contribution is -0.125. The maximum atomic E-state index is 11.8. The van der Waals surface area contributed by atoms with Crippen LogP contribution in [0.5, 0.6) is 0 Å². The summed E-state index contributed by atoms with van der Waals surface area (Å²) in [6, 6.07) is 0.201. The fourth-order valence-corrected chi connectivity index (χ4v) is 2.04. The van der Waals surface area contributed by atoms with Crippen LogP contribution < -0.4 is 16.0 Å². The summed E-state index contributed by atoms with van der Waals surface area (Å²) >= 11 is 0. The Morgan fingerprint density at radius 2 is 2.11 bits per heavy atom. The average molecular weight is 255 g/mol. The largest absolute Gasteiger partial charge is 0.355 e. The van der Waals surface area contributed by atoms with Crippen molar-refractivity contribution in [3.05, 3.63) is 0 Å². The lowest BCUT2D eigenvalue weighted by Gasteiger charge is -2.15. The summed E-state index contributed by atoms with van der Waals surface area (Å²) in [6.07, 6.45) is 1.27. The summed E-state index contributed by atoms with van der Waals surface area (Å²) < 4.78 is 0. The van der Waals surface area contributed by atoms with Gasteiger partial charge in [-0.15, -0.1) is 0 Å². The van der Waals surface area contributed by atoms with Gasteiger partial charge in [0.25, 0.3) is 0 Å². The highest BCUT2D eigenvalue weighted by molar-refractivity contribution is 5.81. The Labute approximate surface area is 109 Å². The third kappa shape index (κ3) is 4.64. The first-order valence-electron chi connectivity index (χ1n) is 6.82. The van der Waals surface area contributed by atoms with Gasteiger partial charge >= 0.3 is 0 Å². The molecule has 0 aromatic rings. The first-order valence-corrected chi connectivity index (χ1v) is 6.82. The second-order valence-electron chi connectivity index (χ2n) is 5.16. The monoisotopic (exact) mass is 255 g/mol. The maximum Gasteiger partial charge on any atom is 0.224 e. The van der Waals surface area contributed by atoms with Crippen LogP contribution >= 0.6 is 0 Å². The molecule has 0 saturated carbocycles. The summed E-state index contributed by atoms with van der Waals surface area (Å²) in [5, 5.41) is 8.91. The van der Waals surface area contributed by atoms with Gasteiger partial charge in [-0.05, 0) is 25.8 Å². The molecule has 1 aliphatic heterocycles. The molecule has 0 bridgehead atoms. The first-order chi connectivity index (χ1) is 8.54. The van der Waals surface area contributed by atoms with E-state index in [1.165, 1.54) is 0 Å². The average Bonchev–Trinajstić information content (AvgIpc) is 2.75. The van der Waals surface area contributed by atoms with Crippen molar-refractivity contribution in [3.63, 3.8) is 0 Å². The summed E-state index contributed by atoms with van der Waals surface area (Å²) in [7, 11) is 0. The van der Waals surface area contributed by atoms with E-state index in [1.807, 2.05) is 13.8 Å². The summed E-state index contributed by atoms with van der Waals surface area (Å²) in [6.45, 7) is 8.13. The molecule has 1 fully saturated rings. The topological polar surface area (TPSA) is 70.2 Å². The zero-order chi connectivity index (χ0) is 13.5. The quantitative estimate of drug-likeness (QED) is 0.638. The number of carbonyl (C=O) groups excluding carboxylic acids is 2. The van der Waals surface area contributed by atoms with Gasteiger partial charge < -0.3 is 16.0 Å². The molecule has 5 heteroatoms. The molecule has 1 unspecified atom stereocenters. The molecule has 3 N–H and O–H groups in total. The lowest BCUT2D eigenvalue weighted by atomic mass is 9.97. The lowest BCUT2D eigenvalue weighted by Crippen LogP contribution is -2.38. The van der Waals surface area contributed by atoms with E-state index in [4.69, 9.17) is 0 Å². The van der Waals surface area contributed by atoms with Gasteiger partial charge in [-0.1, -0.05) is 13.8 Å². The number of carbonyl (C=O) groups is 2. The summed E-state index contributed by atoms with van der Waals surface area (Å²) in [5.41, 5.74) is 0. The van der Waals surface area contributed by atoms with E-state index in [0.717, 1.165) is 19.5 Å². The molecule has 104 valence electrons. The van der Waals surface area contributed by atoms with Crippen LogP contribution in [0, 0.1) is 11.8 Å². The van der Waals surface area contributed by atoms with Crippen molar-refractivity contribution in [2.24, 2.45) is 11.8 Å². The van der Waals surface area contributed by atoms with Gasteiger partial charge in [0, 0.05) is 25.6 Å². The van der Waals surface area contributed by atoms with Crippen molar-refractivity contribution in [2.45, 2.75) is 39.7 Å². The zero-order valence-corrected chi connectivity index (χ0v) is 11.6. The molecule has 1 aliphatic rings. The van der Waals surface area contributed by atoms with E-state index in [9.17, 15) is 9.59 Å². The Kier molecular flexibility index (Phi) is 6.12. The Morgan fingerprint density at radius 1 is 1.39 bits per heavy atom. The molecule has 2 amide bonds. The highest BCUT2D eigenvalue weighted by Crippen LogP contribution is 2.15. The number of hydrogen-bond donors (Lipinski definition) is 3.